The molecule has 0 radical (unpaired) electrons. The van der Waals surface area contributed by atoms with Gasteiger partial charge in [-0.25, -0.2) is 4.79 Å². The van der Waals surface area contributed by atoms with Crippen molar-refractivity contribution >= 4 is 17.3 Å². The summed E-state index contributed by atoms with van der Waals surface area (Å²) in [5.74, 6) is -0.0702. The lowest BCUT2D eigenvalue weighted by molar-refractivity contribution is 0.0527. The van der Waals surface area contributed by atoms with E-state index < -0.39 is 5.97 Å². The van der Waals surface area contributed by atoms with Crippen LogP contribution in [0.4, 0.5) is 0 Å². The van der Waals surface area contributed by atoms with Gasteiger partial charge in [0.25, 0.3) is 0 Å². The van der Waals surface area contributed by atoms with Crippen molar-refractivity contribution in [1.29, 1.82) is 0 Å². The van der Waals surface area contributed by atoms with E-state index in [1.54, 1.807) is 29.7 Å². The summed E-state index contributed by atoms with van der Waals surface area (Å²) in [5, 5.41) is 0. The third-order valence-corrected chi connectivity index (χ3v) is 5.34. The number of hydrogen-bond donors (Lipinski definition) is 0. The first-order valence-electron chi connectivity index (χ1n) is 10.7. The first kappa shape index (κ1) is 21.4. The van der Waals surface area contributed by atoms with Crippen molar-refractivity contribution in [3.8, 4) is 5.75 Å². The fourth-order valence-electron chi connectivity index (χ4n) is 3.92. The summed E-state index contributed by atoms with van der Waals surface area (Å²) in [6, 6.07) is 22.5. The fourth-order valence-corrected chi connectivity index (χ4v) is 3.92. The van der Waals surface area contributed by atoms with E-state index in [2.05, 4.69) is 0 Å². The molecule has 4 rings (SSSR count). The second-order valence-electron chi connectivity index (χ2n) is 7.34. The topological polar surface area (TPSA) is 57.0 Å². The van der Waals surface area contributed by atoms with Crippen molar-refractivity contribution in [2.24, 2.45) is 0 Å². The van der Waals surface area contributed by atoms with Crippen LogP contribution in [0.5, 0.6) is 5.75 Å². The van der Waals surface area contributed by atoms with Crippen LogP contribution in [0.3, 0.4) is 0 Å². The summed E-state index contributed by atoms with van der Waals surface area (Å²) >= 11 is 0. The van der Waals surface area contributed by atoms with Crippen LogP contribution in [-0.4, -0.2) is 22.8 Å². The van der Waals surface area contributed by atoms with E-state index in [-0.39, 0.29) is 12.4 Å². The molecule has 0 saturated heterocycles. The molecule has 0 amide bonds. The van der Waals surface area contributed by atoms with Gasteiger partial charge in [0.2, 0.25) is 5.78 Å². The Hall–Kier alpha value is -3.86. The zero-order valence-corrected chi connectivity index (χ0v) is 18.2. The predicted molar refractivity (Wildman–Crippen MR) is 123 cm³/mol. The Morgan fingerprint density at radius 1 is 0.875 bits per heavy atom. The Morgan fingerprint density at radius 2 is 1.56 bits per heavy atom. The molecule has 0 bridgehead atoms. The number of esters is 1. The number of carbonyl (C=O) groups excluding carboxylic acids is 2. The molecule has 0 spiro atoms. The van der Waals surface area contributed by atoms with Crippen LogP contribution in [0.25, 0.3) is 5.52 Å². The first-order chi connectivity index (χ1) is 15.7. The zero-order valence-electron chi connectivity index (χ0n) is 18.2. The number of aromatic nitrogens is 1. The average Bonchev–Trinajstić information content (AvgIpc) is 3.18. The number of hydrogen-bond acceptors (Lipinski definition) is 4. The van der Waals surface area contributed by atoms with Gasteiger partial charge in [-0.05, 0) is 36.6 Å². The molecule has 0 atom stereocenters. The molecule has 162 valence electrons. The van der Waals surface area contributed by atoms with Crippen molar-refractivity contribution in [3.05, 3.63) is 107 Å². The lowest BCUT2D eigenvalue weighted by atomic mass is 10.0. The van der Waals surface area contributed by atoms with E-state index in [0.29, 0.717) is 46.7 Å². The van der Waals surface area contributed by atoms with Gasteiger partial charge in [0.1, 0.15) is 17.9 Å². The van der Waals surface area contributed by atoms with Crippen LogP contribution < -0.4 is 4.74 Å². The van der Waals surface area contributed by atoms with Crippen molar-refractivity contribution < 1.29 is 19.1 Å². The van der Waals surface area contributed by atoms with Gasteiger partial charge in [-0.15, -0.1) is 0 Å². The molecule has 5 nitrogen and oxygen atoms in total. The van der Waals surface area contributed by atoms with Crippen LogP contribution in [0, 0.1) is 0 Å². The minimum Gasteiger partial charge on any atom is -0.487 e. The number of benzene rings is 2. The average molecular weight is 428 g/mol. The van der Waals surface area contributed by atoms with E-state index in [9.17, 15) is 9.59 Å². The Kier molecular flexibility index (Phi) is 6.36. The Labute approximate surface area is 187 Å². The predicted octanol–water partition coefficient (Wildman–Crippen LogP) is 5.49. The quantitative estimate of drug-likeness (QED) is 0.276. The van der Waals surface area contributed by atoms with Gasteiger partial charge in [0, 0.05) is 11.8 Å². The minimum absolute atomic E-state index is 0.145. The SMILES string of the molecule is CCOC(=O)c1c(CC)c(C(=O)c2ccccc2)n2cccc(OCc3ccccc3)c12. The molecule has 2 aromatic heterocycles. The first-order valence-corrected chi connectivity index (χ1v) is 10.7. The Morgan fingerprint density at radius 3 is 2.22 bits per heavy atom. The summed E-state index contributed by atoms with van der Waals surface area (Å²) in [6.45, 7) is 4.29. The highest BCUT2D eigenvalue weighted by Gasteiger charge is 2.29. The molecule has 2 aromatic carbocycles. The fraction of sp³-hybridized carbons (Fsp3) is 0.185. The molecule has 0 saturated carbocycles. The summed E-state index contributed by atoms with van der Waals surface area (Å²) in [7, 11) is 0. The number of rotatable bonds is 8. The Balaban J connectivity index is 1.90. The smallest absolute Gasteiger partial charge is 0.340 e. The minimum atomic E-state index is -0.454. The normalized spacial score (nSPS) is 10.8. The Bertz CT molecular complexity index is 1240. The van der Waals surface area contributed by atoms with Crippen molar-refractivity contribution in [2.45, 2.75) is 26.9 Å². The highest BCUT2D eigenvalue weighted by Crippen LogP contribution is 2.33. The van der Waals surface area contributed by atoms with Crippen LogP contribution in [0.1, 0.15) is 51.4 Å². The van der Waals surface area contributed by atoms with Crippen LogP contribution >= 0.6 is 0 Å². The van der Waals surface area contributed by atoms with Gasteiger partial charge in [-0.3, -0.25) is 4.79 Å². The second kappa shape index (κ2) is 9.52. The molecule has 2 heterocycles. The third kappa shape index (κ3) is 4.02. The number of nitrogens with zero attached hydrogens (tertiary/aromatic N) is 1. The van der Waals surface area contributed by atoms with Gasteiger partial charge >= 0.3 is 5.97 Å². The molecule has 0 aliphatic rings. The van der Waals surface area contributed by atoms with E-state index in [1.165, 1.54) is 0 Å². The molecular weight excluding hydrogens is 402 g/mol. The standard InChI is InChI=1S/C27H25NO4/c1-3-21-23(27(30)31-4-2)25-22(32-18-19-12-7-5-8-13-19)16-11-17-28(25)24(21)26(29)20-14-9-6-10-15-20/h5-17H,3-4,18H2,1-2H3. The molecule has 0 unspecified atom stereocenters. The molecule has 5 heteroatoms. The summed E-state index contributed by atoms with van der Waals surface area (Å²) in [4.78, 5) is 26.5. The highest BCUT2D eigenvalue weighted by molar-refractivity contribution is 6.13. The van der Waals surface area contributed by atoms with Crippen molar-refractivity contribution in [3.63, 3.8) is 0 Å². The van der Waals surface area contributed by atoms with E-state index in [1.807, 2.05) is 67.6 Å². The second-order valence-corrected chi connectivity index (χ2v) is 7.34. The maximum Gasteiger partial charge on any atom is 0.340 e. The van der Waals surface area contributed by atoms with Crippen LogP contribution in [-0.2, 0) is 17.8 Å². The van der Waals surface area contributed by atoms with Gasteiger partial charge in [0.15, 0.2) is 0 Å². The van der Waals surface area contributed by atoms with Gasteiger partial charge in [0.05, 0.1) is 17.9 Å². The maximum absolute atomic E-state index is 13.5. The van der Waals surface area contributed by atoms with Gasteiger partial charge in [-0.1, -0.05) is 67.6 Å². The molecule has 32 heavy (non-hydrogen) atoms. The lowest BCUT2D eigenvalue weighted by Crippen LogP contribution is -2.10. The van der Waals surface area contributed by atoms with Crippen LogP contribution in [0.2, 0.25) is 0 Å². The van der Waals surface area contributed by atoms with Gasteiger partial charge in [-0.2, -0.15) is 0 Å². The number of carbonyl (C=O) groups is 2. The van der Waals surface area contributed by atoms with Crippen molar-refractivity contribution in [1.82, 2.24) is 4.40 Å². The maximum atomic E-state index is 13.5. The molecule has 0 N–H and O–H groups in total. The highest BCUT2D eigenvalue weighted by atomic mass is 16.5. The van der Waals surface area contributed by atoms with E-state index >= 15 is 0 Å². The largest absolute Gasteiger partial charge is 0.487 e. The molecule has 4 aromatic rings. The molecule has 0 aliphatic carbocycles. The monoisotopic (exact) mass is 427 g/mol. The lowest BCUT2D eigenvalue weighted by Gasteiger charge is -2.10. The molecule has 0 fully saturated rings. The van der Waals surface area contributed by atoms with Crippen LogP contribution in [0.15, 0.2) is 79.0 Å². The van der Waals surface area contributed by atoms with Gasteiger partial charge < -0.3 is 13.9 Å². The summed E-state index contributed by atoms with van der Waals surface area (Å²) in [5.41, 5.74) is 3.63. The van der Waals surface area contributed by atoms with E-state index in [4.69, 9.17) is 9.47 Å². The molecular formula is C27H25NO4. The summed E-state index contributed by atoms with van der Waals surface area (Å²) < 4.78 is 13.3. The third-order valence-electron chi connectivity index (χ3n) is 5.34. The summed E-state index contributed by atoms with van der Waals surface area (Å²) in [6.07, 6.45) is 2.30. The van der Waals surface area contributed by atoms with Crippen molar-refractivity contribution in [2.75, 3.05) is 6.61 Å². The van der Waals surface area contributed by atoms with E-state index in [0.717, 1.165) is 5.56 Å². The number of ether oxygens (including phenoxy) is 2. The number of fused-ring (bicyclic) bond motifs is 1. The number of ketones is 1. The zero-order chi connectivity index (χ0) is 22.5. The number of pyridine rings is 1. The molecule has 0 aliphatic heterocycles.